The fourth-order valence-electron chi connectivity index (χ4n) is 4.84. The molecule has 0 spiro atoms. The van der Waals surface area contributed by atoms with Crippen LogP contribution in [0.3, 0.4) is 0 Å². The molecular weight excluding hydrogens is 548 g/mol. The van der Waals surface area contributed by atoms with Gasteiger partial charge in [0.2, 0.25) is 0 Å². The van der Waals surface area contributed by atoms with Crippen LogP contribution in [0.5, 0.6) is 11.5 Å². The number of hydrogen-bond donors (Lipinski definition) is 2. The molecule has 216 valence electrons. The SMILES string of the molecule is C=C(COc1cc2ccccc2cc1NC(=O)c1ccccc1)COc1cc2ccccc2cc1NC(=O)c1ccccc1. The number of fused-ring (bicyclic) bond motifs is 2. The lowest BCUT2D eigenvalue weighted by Gasteiger charge is -2.17. The number of amides is 2. The minimum absolute atomic E-state index is 0.159. The first kappa shape index (κ1) is 28.2. The van der Waals surface area contributed by atoms with E-state index < -0.39 is 0 Å². The van der Waals surface area contributed by atoms with Gasteiger partial charge in [-0.25, -0.2) is 0 Å². The fraction of sp³-hybridized carbons (Fsp3) is 0.0526. The van der Waals surface area contributed by atoms with Crippen molar-refractivity contribution in [2.24, 2.45) is 0 Å². The van der Waals surface area contributed by atoms with E-state index >= 15 is 0 Å². The summed E-state index contributed by atoms with van der Waals surface area (Å²) in [5, 5.41) is 9.91. The Kier molecular flexibility index (Phi) is 8.32. The van der Waals surface area contributed by atoms with Gasteiger partial charge in [0.1, 0.15) is 24.7 Å². The lowest BCUT2D eigenvalue weighted by Crippen LogP contribution is -2.15. The number of anilines is 2. The summed E-state index contributed by atoms with van der Waals surface area (Å²) in [4.78, 5) is 25.9. The van der Waals surface area contributed by atoms with Gasteiger partial charge in [0, 0.05) is 11.1 Å². The number of benzene rings is 6. The van der Waals surface area contributed by atoms with Crippen LogP contribution in [-0.4, -0.2) is 25.0 Å². The summed E-state index contributed by atoms with van der Waals surface area (Å²) in [6.07, 6.45) is 0. The molecule has 0 fully saturated rings. The molecule has 0 saturated carbocycles. The molecule has 0 radical (unpaired) electrons. The van der Waals surface area contributed by atoms with Gasteiger partial charge in [0.05, 0.1) is 11.4 Å². The van der Waals surface area contributed by atoms with Crippen LogP contribution in [0.15, 0.2) is 146 Å². The number of carbonyl (C=O) groups is 2. The van der Waals surface area contributed by atoms with Gasteiger partial charge in [0.15, 0.2) is 0 Å². The summed E-state index contributed by atoms with van der Waals surface area (Å²) >= 11 is 0. The smallest absolute Gasteiger partial charge is 0.255 e. The largest absolute Gasteiger partial charge is 0.487 e. The predicted octanol–water partition coefficient (Wildman–Crippen LogP) is 8.51. The summed E-state index contributed by atoms with van der Waals surface area (Å²) < 4.78 is 12.4. The molecule has 6 nitrogen and oxygen atoms in total. The van der Waals surface area contributed by atoms with Gasteiger partial charge in [-0.15, -0.1) is 0 Å². The quantitative estimate of drug-likeness (QED) is 0.160. The minimum Gasteiger partial charge on any atom is -0.487 e. The maximum Gasteiger partial charge on any atom is 0.255 e. The number of carbonyl (C=O) groups excluding carboxylic acids is 2. The van der Waals surface area contributed by atoms with Gasteiger partial charge in [-0.05, 0) is 75.6 Å². The van der Waals surface area contributed by atoms with Crippen LogP contribution < -0.4 is 20.1 Å². The van der Waals surface area contributed by atoms with E-state index in [1.807, 2.05) is 109 Å². The van der Waals surface area contributed by atoms with Crippen LogP contribution >= 0.6 is 0 Å². The number of nitrogens with one attached hydrogen (secondary N) is 2. The van der Waals surface area contributed by atoms with Gasteiger partial charge in [-0.2, -0.15) is 0 Å². The molecular formula is C38H30N2O4. The van der Waals surface area contributed by atoms with E-state index in [0.717, 1.165) is 21.5 Å². The van der Waals surface area contributed by atoms with Crippen molar-refractivity contribution in [3.05, 3.63) is 157 Å². The molecule has 6 rings (SSSR count). The van der Waals surface area contributed by atoms with Crippen LogP contribution in [-0.2, 0) is 0 Å². The second-order valence-electron chi connectivity index (χ2n) is 10.4. The molecule has 0 bridgehead atoms. The molecule has 6 heteroatoms. The van der Waals surface area contributed by atoms with Crippen molar-refractivity contribution in [2.75, 3.05) is 23.8 Å². The number of rotatable bonds is 10. The second-order valence-corrected chi connectivity index (χ2v) is 10.4. The molecule has 0 saturated heterocycles. The Labute approximate surface area is 255 Å². The number of hydrogen-bond acceptors (Lipinski definition) is 4. The van der Waals surface area contributed by atoms with E-state index in [-0.39, 0.29) is 25.0 Å². The van der Waals surface area contributed by atoms with Crippen LogP contribution in [0.1, 0.15) is 20.7 Å². The zero-order valence-electron chi connectivity index (χ0n) is 24.0. The van der Waals surface area contributed by atoms with Crippen molar-refractivity contribution in [1.29, 1.82) is 0 Å². The van der Waals surface area contributed by atoms with E-state index in [2.05, 4.69) is 17.2 Å². The molecule has 0 aromatic heterocycles. The molecule has 0 atom stereocenters. The summed E-state index contributed by atoms with van der Waals surface area (Å²) in [5.74, 6) is 0.592. The van der Waals surface area contributed by atoms with Crippen LogP contribution in [0.2, 0.25) is 0 Å². The first-order valence-corrected chi connectivity index (χ1v) is 14.2. The zero-order chi connectivity index (χ0) is 30.3. The van der Waals surface area contributed by atoms with E-state index in [0.29, 0.717) is 39.6 Å². The van der Waals surface area contributed by atoms with Gasteiger partial charge in [-0.3, -0.25) is 9.59 Å². The molecule has 44 heavy (non-hydrogen) atoms. The third kappa shape index (κ3) is 6.61. The topological polar surface area (TPSA) is 76.7 Å². The van der Waals surface area contributed by atoms with Crippen molar-refractivity contribution in [2.45, 2.75) is 0 Å². The van der Waals surface area contributed by atoms with E-state index in [1.54, 1.807) is 24.3 Å². The average molecular weight is 579 g/mol. The lowest BCUT2D eigenvalue weighted by atomic mass is 10.1. The standard InChI is InChI=1S/C38H30N2O4/c1-26(24-43-35-22-31-18-10-8-16-29(31)20-33(35)39-37(41)27-12-4-2-5-13-27)25-44-36-23-32-19-11-9-17-30(32)21-34(36)40-38(42)28-14-6-3-7-15-28/h2-23H,1,24-25H2,(H,39,41)(H,40,42). The fourth-order valence-corrected chi connectivity index (χ4v) is 4.84. The highest BCUT2D eigenvalue weighted by Gasteiger charge is 2.14. The Morgan fingerprint density at radius 3 is 1.23 bits per heavy atom. The van der Waals surface area contributed by atoms with Crippen molar-refractivity contribution >= 4 is 44.7 Å². The highest BCUT2D eigenvalue weighted by molar-refractivity contribution is 6.07. The van der Waals surface area contributed by atoms with Crippen LogP contribution in [0, 0.1) is 0 Å². The summed E-state index contributed by atoms with van der Waals surface area (Å²) in [6, 6.07) is 41.5. The Hall–Kier alpha value is -5.88. The summed E-state index contributed by atoms with van der Waals surface area (Å²) in [5.41, 5.74) is 2.90. The van der Waals surface area contributed by atoms with E-state index in [1.165, 1.54) is 0 Å². The first-order chi connectivity index (χ1) is 21.5. The molecule has 2 N–H and O–H groups in total. The minimum atomic E-state index is -0.228. The molecule has 0 heterocycles. The normalized spacial score (nSPS) is 10.7. The van der Waals surface area contributed by atoms with Gasteiger partial charge >= 0.3 is 0 Å². The predicted molar refractivity (Wildman–Crippen MR) is 177 cm³/mol. The molecule has 0 aliphatic carbocycles. The lowest BCUT2D eigenvalue weighted by molar-refractivity contribution is 0.101. The Morgan fingerprint density at radius 1 is 0.500 bits per heavy atom. The van der Waals surface area contributed by atoms with Crippen LogP contribution in [0.25, 0.3) is 21.5 Å². The van der Waals surface area contributed by atoms with E-state index in [4.69, 9.17) is 9.47 Å². The van der Waals surface area contributed by atoms with Crippen molar-refractivity contribution in [1.82, 2.24) is 0 Å². The third-order valence-corrected chi connectivity index (χ3v) is 7.13. The molecule has 0 unspecified atom stereocenters. The highest BCUT2D eigenvalue weighted by atomic mass is 16.5. The highest BCUT2D eigenvalue weighted by Crippen LogP contribution is 2.33. The average Bonchev–Trinajstić information content (AvgIpc) is 3.07. The summed E-state index contributed by atoms with van der Waals surface area (Å²) in [7, 11) is 0. The monoisotopic (exact) mass is 578 g/mol. The van der Waals surface area contributed by atoms with Crippen LogP contribution in [0.4, 0.5) is 11.4 Å². The van der Waals surface area contributed by atoms with Gasteiger partial charge in [-0.1, -0.05) is 91.5 Å². The zero-order valence-corrected chi connectivity index (χ0v) is 24.0. The molecule has 2 amide bonds. The number of ether oxygens (including phenoxy) is 2. The van der Waals surface area contributed by atoms with Gasteiger partial charge < -0.3 is 20.1 Å². The third-order valence-electron chi connectivity index (χ3n) is 7.13. The van der Waals surface area contributed by atoms with E-state index in [9.17, 15) is 9.59 Å². The maximum atomic E-state index is 13.0. The Morgan fingerprint density at radius 2 is 0.841 bits per heavy atom. The Balaban J connectivity index is 1.18. The van der Waals surface area contributed by atoms with Gasteiger partial charge in [0.25, 0.3) is 11.8 Å². The summed E-state index contributed by atoms with van der Waals surface area (Å²) in [6.45, 7) is 4.48. The first-order valence-electron chi connectivity index (χ1n) is 14.2. The molecule has 6 aromatic carbocycles. The molecule has 6 aromatic rings. The second kappa shape index (κ2) is 13.0. The Bertz CT molecular complexity index is 1830. The van der Waals surface area contributed by atoms with Crippen molar-refractivity contribution in [3.8, 4) is 11.5 Å². The maximum absolute atomic E-state index is 13.0. The molecule has 0 aliphatic rings. The van der Waals surface area contributed by atoms with Crippen molar-refractivity contribution < 1.29 is 19.1 Å². The molecule has 0 aliphatic heterocycles. The van der Waals surface area contributed by atoms with Crippen molar-refractivity contribution in [3.63, 3.8) is 0 Å².